The summed E-state index contributed by atoms with van der Waals surface area (Å²) in [4.78, 5) is 11.4. The maximum Gasteiger partial charge on any atom is 0.250 e. The van der Waals surface area contributed by atoms with Crippen molar-refractivity contribution < 1.29 is 14.3 Å². The smallest absolute Gasteiger partial charge is 0.250 e. The van der Waals surface area contributed by atoms with Crippen LogP contribution in [0.5, 0.6) is 0 Å². The molecule has 0 aliphatic carbocycles. The third-order valence-electron chi connectivity index (χ3n) is 1.95. The number of ether oxygens (including phenoxy) is 2. The van der Waals surface area contributed by atoms with Crippen LogP contribution in [0.1, 0.15) is 0 Å². The molecule has 0 radical (unpaired) electrons. The minimum Gasteiger partial charge on any atom is -0.397 e. The highest BCUT2D eigenvalue weighted by Crippen LogP contribution is 2.22. The molecule has 0 bridgehead atoms. The molecule has 0 heterocycles. The Balaban J connectivity index is 2.40. The average molecular weight is 259 g/mol. The van der Waals surface area contributed by atoms with E-state index in [4.69, 9.17) is 26.8 Å². The van der Waals surface area contributed by atoms with Crippen molar-refractivity contribution in [2.45, 2.75) is 0 Å². The second-order valence-corrected chi connectivity index (χ2v) is 3.76. The van der Waals surface area contributed by atoms with Crippen LogP contribution in [0.3, 0.4) is 0 Å². The molecule has 0 atom stereocenters. The molecule has 1 aromatic rings. The molecule has 94 valence electrons. The summed E-state index contributed by atoms with van der Waals surface area (Å²) in [6.45, 7) is 0.793. The maximum atomic E-state index is 11.4. The summed E-state index contributed by atoms with van der Waals surface area (Å²) in [5.41, 5.74) is 6.63. The summed E-state index contributed by atoms with van der Waals surface area (Å²) < 4.78 is 9.85. The third kappa shape index (κ3) is 5.04. The Kier molecular flexibility index (Phi) is 5.76. The quantitative estimate of drug-likeness (QED) is 0.599. The van der Waals surface area contributed by atoms with Gasteiger partial charge in [0.15, 0.2) is 0 Å². The highest BCUT2D eigenvalue weighted by Gasteiger charge is 2.05. The lowest BCUT2D eigenvalue weighted by molar-refractivity contribution is -0.121. The molecule has 0 aliphatic heterocycles. The van der Waals surface area contributed by atoms with Crippen molar-refractivity contribution in [2.24, 2.45) is 0 Å². The third-order valence-corrected chi connectivity index (χ3v) is 2.19. The van der Waals surface area contributed by atoms with Gasteiger partial charge in [-0.25, -0.2) is 0 Å². The molecule has 0 aromatic heterocycles. The molecule has 0 aliphatic rings. The number of hydrogen-bond acceptors (Lipinski definition) is 4. The minimum atomic E-state index is -0.268. The number of halogens is 1. The topological polar surface area (TPSA) is 73.6 Å². The van der Waals surface area contributed by atoms with E-state index in [1.807, 2.05) is 0 Å². The SMILES string of the molecule is COCCOCC(=O)Nc1ccc(Cl)cc1N. The number of anilines is 2. The van der Waals surface area contributed by atoms with Gasteiger partial charge >= 0.3 is 0 Å². The number of nitrogens with two attached hydrogens (primary N) is 1. The molecule has 5 nitrogen and oxygen atoms in total. The number of hydrogen-bond donors (Lipinski definition) is 2. The van der Waals surface area contributed by atoms with Crippen LogP contribution in [0.2, 0.25) is 5.02 Å². The molecule has 17 heavy (non-hydrogen) atoms. The predicted octanol–water partition coefficient (Wildman–Crippen LogP) is 1.52. The normalized spacial score (nSPS) is 10.2. The first kappa shape index (κ1) is 13.8. The first-order valence-electron chi connectivity index (χ1n) is 5.05. The van der Waals surface area contributed by atoms with Crippen LogP contribution in [-0.4, -0.2) is 32.8 Å². The number of amides is 1. The zero-order valence-corrected chi connectivity index (χ0v) is 10.3. The number of carbonyl (C=O) groups is 1. The summed E-state index contributed by atoms with van der Waals surface area (Å²) in [6.07, 6.45) is 0. The summed E-state index contributed by atoms with van der Waals surface area (Å²) in [7, 11) is 1.57. The lowest BCUT2D eigenvalue weighted by atomic mass is 10.2. The Labute approximate surface area is 105 Å². The van der Waals surface area contributed by atoms with Crippen LogP contribution in [-0.2, 0) is 14.3 Å². The molecule has 0 fully saturated rings. The monoisotopic (exact) mass is 258 g/mol. The summed E-state index contributed by atoms with van der Waals surface area (Å²) in [5.74, 6) is -0.268. The lowest BCUT2D eigenvalue weighted by Crippen LogP contribution is -2.20. The van der Waals surface area contributed by atoms with Crippen molar-refractivity contribution in [3.05, 3.63) is 23.2 Å². The molecule has 3 N–H and O–H groups in total. The summed E-state index contributed by atoms with van der Waals surface area (Å²) >= 11 is 5.74. The van der Waals surface area contributed by atoms with Gasteiger partial charge in [-0.05, 0) is 18.2 Å². The van der Waals surface area contributed by atoms with Gasteiger partial charge in [-0.2, -0.15) is 0 Å². The molecule has 0 saturated heterocycles. The number of carbonyl (C=O) groups excluding carboxylic acids is 1. The molecule has 1 amide bonds. The van der Waals surface area contributed by atoms with E-state index < -0.39 is 0 Å². The summed E-state index contributed by atoms with van der Waals surface area (Å²) in [5, 5.41) is 3.15. The molecule has 0 spiro atoms. The van der Waals surface area contributed by atoms with Crippen LogP contribution in [0.4, 0.5) is 11.4 Å². The largest absolute Gasteiger partial charge is 0.397 e. The zero-order valence-electron chi connectivity index (χ0n) is 9.53. The standard InChI is InChI=1S/C11H15ClN2O3/c1-16-4-5-17-7-11(15)14-10-3-2-8(12)6-9(10)13/h2-3,6H,4-5,7,13H2,1H3,(H,14,15). The van der Waals surface area contributed by atoms with Gasteiger partial charge in [0.1, 0.15) is 6.61 Å². The van der Waals surface area contributed by atoms with E-state index in [0.29, 0.717) is 29.6 Å². The Morgan fingerprint density at radius 3 is 2.88 bits per heavy atom. The van der Waals surface area contributed by atoms with Gasteiger partial charge < -0.3 is 20.5 Å². The van der Waals surface area contributed by atoms with Crippen molar-refractivity contribution in [2.75, 3.05) is 38.0 Å². The van der Waals surface area contributed by atoms with E-state index in [-0.39, 0.29) is 12.5 Å². The fourth-order valence-electron chi connectivity index (χ4n) is 1.14. The van der Waals surface area contributed by atoms with E-state index in [9.17, 15) is 4.79 Å². The van der Waals surface area contributed by atoms with Gasteiger partial charge in [0, 0.05) is 12.1 Å². The number of benzene rings is 1. The van der Waals surface area contributed by atoms with Gasteiger partial charge in [0.2, 0.25) is 5.91 Å². The second kappa shape index (κ2) is 7.11. The number of methoxy groups -OCH3 is 1. The fraction of sp³-hybridized carbons (Fsp3) is 0.364. The van der Waals surface area contributed by atoms with Gasteiger partial charge in [-0.15, -0.1) is 0 Å². The van der Waals surface area contributed by atoms with Crippen LogP contribution < -0.4 is 11.1 Å². The maximum absolute atomic E-state index is 11.4. The van der Waals surface area contributed by atoms with E-state index >= 15 is 0 Å². The van der Waals surface area contributed by atoms with Crippen molar-refractivity contribution >= 4 is 28.9 Å². The Hall–Kier alpha value is -1.30. The molecule has 6 heteroatoms. The molecule has 0 unspecified atom stereocenters. The van der Waals surface area contributed by atoms with Crippen LogP contribution >= 0.6 is 11.6 Å². The minimum absolute atomic E-state index is 0.0363. The summed E-state index contributed by atoms with van der Waals surface area (Å²) in [6, 6.07) is 4.87. The first-order valence-corrected chi connectivity index (χ1v) is 5.43. The average Bonchev–Trinajstić information content (AvgIpc) is 2.28. The molecule has 1 aromatic carbocycles. The van der Waals surface area contributed by atoms with Crippen molar-refractivity contribution in [3.63, 3.8) is 0 Å². The molecule has 0 saturated carbocycles. The van der Waals surface area contributed by atoms with Crippen molar-refractivity contribution in [1.29, 1.82) is 0 Å². The predicted molar refractivity (Wildman–Crippen MR) is 67.2 cm³/mol. The van der Waals surface area contributed by atoms with Gasteiger partial charge in [0.05, 0.1) is 24.6 Å². The molecular weight excluding hydrogens is 244 g/mol. The van der Waals surface area contributed by atoms with Crippen LogP contribution in [0, 0.1) is 0 Å². The van der Waals surface area contributed by atoms with Crippen molar-refractivity contribution in [1.82, 2.24) is 0 Å². The van der Waals surface area contributed by atoms with Gasteiger partial charge in [-0.3, -0.25) is 4.79 Å². The second-order valence-electron chi connectivity index (χ2n) is 3.33. The molecular formula is C11H15ClN2O3. The number of rotatable bonds is 6. The first-order chi connectivity index (χ1) is 8.13. The highest BCUT2D eigenvalue weighted by molar-refractivity contribution is 6.31. The molecule has 1 rings (SSSR count). The van der Waals surface area contributed by atoms with Crippen molar-refractivity contribution in [3.8, 4) is 0 Å². The number of nitrogens with one attached hydrogen (secondary N) is 1. The Morgan fingerprint density at radius 1 is 1.47 bits per heavy atom. The van der Waals surface area contributed by atoms with E-state index in [2.05, 4.69) is 5.32 Å². The Morgan fingerprint density at radius 2 is 2.24 bits per heavy atom. The van der Waals surface area contributed by atoms with Gasteiger partial charge in [0.25, 0.3) is 0 Å². The van der Waals surface area contributed by atoms with E-state index in [1.54, 1.807) is 25.3 Å². The van der Waals surface area contributed by atoms with Crippen LogP contribution in [0.15, 0.2) is 18.2 Å². The Bertz CT molecular complexity index is 385. The fourth-order valence-corrected chi connectivity index (χ4v) is 1.32. The highest BCUT2D eigenvalue weighted by atomic mass is 35.5. The van der Waals surface area contributed by atoms with Gasteiger partial charge in [-0.1, -0.05) is 11.6 Å². The lowest BCUT2D eigenvalue weighted by Gasteiger charge is -2.08. The number of nitrogen functional groups attached to an aromatic ring is 1. The van der Waals surface area contributed by atoms with Crippen LogP contribution in [0.25, 0.3) is 0 Å². The van der Waals surface area contributed by atoms with E-state index in [1.165, 1.54) is 0 Å². The zero-order chi connectivity index (χ0) is 12.7. The van der Waals surface area contributed by atoms with E-state index in [0.717, 1.165) is 0 Å².